The number of hydrogen-bond acceptors (Lipinski definition) is 6. The second-order valence-corrected chi connectivity index (χ2v) is 7.19. The van der Waals surface area contributed by atoms with Gasteiger partial charge in [-0.2, -0.15) is 17.0 Å². The van der Waals surface area contributed by atoms with E-state index in [2.05, 4.69) is 4.74 Å². The van der Waals surface area contributed by atoms with Gasteiger partial charge in [-0.3, -0.25) is 4.79 Å². The molecule has 2 saturated heterocycles. The Hall–Kier alpha value is -0.740. The van der Waals surface area contributed by atoms with E-state index in [0.29, 0.717) is 0 Å². The molecule has 3 atom stereocenters. The number of morpholine rings is 2. The Kier molecular flexibility index (Phi) is 5.20. The van der Waals surface area contributed by atoms with Gasteiger partial charge in [-0.05, 0) is 13.8 Å². The second kappa shape index (κ2) is 6.57. The lowest BCUT2D eigenvalue weighted by Crippen LogP contribution is -2.60. The Morgan fingerprint density at radius 2 is 1.86 bits per heavy atom. The first-order valence-electron chi connectivity index (χ1n) is 6.94. The minimum atomic E-state index is -3.75. The van der Waals surface area contributed by atoms with Gasteiger partial charge in [0.25, 0.3) is 10.2 Å². The third-order valence-electron chi connectivity index (χ3n) is 3.56. The maximum Gasteiger partial charge on any atom is 0.326 e. The molecule has 0 saturated carbocycles. The van der Waals surface area contributed by atoms with Gasteiger partial charge in [-0.1, -0.05) is 0 Å². The summed E-state index contributed by atoms with van der Waals surface area (Å²) in [6.45, 7) is 4.63. The Labute approximate surface area is 125 Å². The van der Waals surface area contributed by atoms with Gasteiger partial charge in [0.2, 0.25) is 0 Å². The third kappa shape index (κ3) is 3.54. The fourth-order valence-corrected chi connectivity index (χ4v) is 4.52. The van der Waals surface area contributed by atoms with Crippen molar-refractivity contribution >= 4 is 16.2 Å². The molecule has 0 spiro atoms. The van der Waals surface area contributed by atoms with Crippen LogP contribution in [0.1, 0.15) is 13.8 Å². The van der Waals surface area contributed by atoms with Crippen molar-refractivity contribution in [1.82, 2.24) is 8.61 Å². The normalized spacial score (nSPS) is 32.8. The van der Waals surface area contributed by atoms with Crippen molar-refractivity contribution in [2.45, 2.75) is 32.1 Å². The molecule has 21 heavy (non-hydrogen) atoms. The van der Waals surface area contributed by atoms with Crippen molar-refractivity contribution in [2.75, 3.05) is 40.0 Å². The highest BCUT2D eigenvalue weighted by Gasteiger charge is 2.43. The highest BCUT2D eigenvalue weighted by molar-refractivity contribution is 7.86. The molecule has 2 heterocycles. The maximum atomic E-state index is 12.8. The van der Waals surface area contributed by atoms with E-state index in [9.17, 15) is 13.2 Å². The molecular formula is C12H22N2O6S. The van der Waals surface area contributed by atoms with E-state index in [1.54, 1.807) is 0 Å². The monoisotopic (exact) mass is 322 g/mol. The molecule has 0 aliphatic carbocycles. The van der Waals surface area contributed by atoms with Crippen molar-refractivity contribution in [3.63, 3.8) is 0 Å². The van der Waals surface area contributed by atoms with Crippen LogP contribution >= 0.6 is 0 Å². The van der Waals surface area contributed by atoms with Gasteiger partial charge in [0.1, 0.15) is 6.04 Å². The molecule has 9 heteroatoms. The van der Waals surface area contributed by atoms with Crippen molar-refractivity contribution in [3.05, 3.63) is 0 Å². The van der Waals surface area contributed by atoms with Gasteiger partial charge in [-0.25, -0.2) is 0 Å². The van der Waals surface area contributed by atoms with E-state index < -0.39 is 22.2 Å². The molecule has 2 rings (SSSR count). The van der Waals surface area contributed by atoms with Gasteiger partial charge < -0.3 is 14.2 Å². The van der Waals surface area contributed by atoms with Crippen LogP contribution in [0.15, 0.2) is 0 Å². The van der Waals surface area contributed by atoms with Gasteiger partial charge in [-0.15, -0.1) is 0 Å². The van der Waals surface area contributed by atoms with Gasteiger partial charge in [0.15, 0.2) is 0 Å². The van der Waals surface area contributed by atoms with Crippen LogP contribution < -0.4 is 0 Å². The predicted octanol–water partition coefficient (Wildman–Crippen LogP) is -0.786. The smallest absolute Gasteiger partial charge is 0.326 e. The molecule has 2 fully saturated rings. The first kappa shape index (κ1) is 16.6. The minimum absolute atomic E-state index is 0.0152. The largest absolute Gasteiger partial charge is 0.468 e. The Bertz CT molecular complexity index is 472. The first-order chi connectivity index (χ1) is 9.86. The number of nitrogens with zero attached hydrogens (tertiary/aromatic N) is 2. The molecule has 2 aliphatic rings. The first-order valence-corrected chi connectivity index (χ1v) is 8.34. The third-order valence-corrected chi connectivity index (χ3v) is 5.54. The number of esters is 1. The van der Waals surface area contributed by atoms with E-state index in [1.807, 2.05) is 13.8 Å². The standard InChI is InChI=1S/C12H22N2O6S/c1-9-6-13(7-10(2)20-9)21(16,17)14-4-5-19-8-11(14)12(15)18-3/h9-11H,4-8H2,1-3H3. The Morgan fingerprint density at radius 3 is 2.43 bits per heavy atom. The fraction of sp³-hybridized carbons (Fsp3) is 0.917. The number of rotatable bonds is 3. The summed E-state index contributed by atoms with van der Waals surface area (Å²) in [5.41, 5.74) is 0. The van der Waals surface area contributed by atoms with Crippen LogP contribution in [0.5, 0.6) is 0 Å². The average molecular weight is 322 g/mol. The number of methoxy groups -OCH3 is 1. The summed E-state index contributed by atoms with van der Waals surface area (Å²) in [5, 5.41) is 0. The second-order valence-electron chi connectivity index (χ2n) is 5.31. The average Bonchev–Trinajstić information content (AvgIpc) is 2.45. The SMILES string of the molecule is COC(=O)C1COCCN1S(=O)(=O)N1CC(C)OC(C)C1. The summed E-state index contributed by atoms with van der Waals surface area (Å²) in [7, 11) is -2.51. The van der Waals surface area contributed by atoms with E-state index in [-0.39, 0.29) is 45.1 Å². The van der Waals surface area contributed by atoms with Gasteiger partial charge >= 0.3 is 5.97 Å². The van der Waals surface area contributed by atoms with E-state index >= 15 is 0 Å². The van der Waals surface area contributed by atoms with E-state index in [1.165, 1.54) is 15.7 Å². The van der Waals surface area contributed by atoms with Crippen LogP contribution in [-0.4, -0.2) is 81.2 Å². The highest BCUT2D eigenvalue weighted by Crippen LogP contribution is 2.21. The summed E-state index contributed by atoms with van der Waals surface area (Å²) in [4.78, 5) is 11.8. The van der Waals surface area contributed by atoms with Crippen molar-refractivity contribution in [3.8, 4) is 0 Å². The zero-order chi connectivity index (χ0) is 15.6. The summed E-state index contributed by atoms with van der Waals surface area (Å²) < 4.78 is 43.6. The number of hydrogen-bond donors (Lipinski definition) is 0. The molecule has 0 N–H and O–H groups in total. The quantitative estimate of drug-likeness (QED) is 0.633. The molecule has 0 bridgehead atoms. The lowest BCUT2D eigenvalue weighted by molar-refractivity contribution is -0.149. The van der Waals surface area contributed by atoms with Crippen LogP contribution in [0.3, 0.4) is 0 Å². The lowest BCUT2D eigenvalue weighted by atomic mass is 10.3. The van der Waals surface area contributed by atoms with Crippen LogP contribution in [0.4, 0.5) is 0 Å². The van der Waals surface area contributed by atoms with Gasteiger partial charge in [0.05, 0.1) is 32.5 Å². The fourth-order valence-electron chi connectivity index (χ4n) is 2.65. The molecule has 0 radical (unpaired) electrons. The van der Waals surface area contributed by atoms with Crippen molar-refractivity contribution in [2.24, 2.45) is 0 Å². The molecule has 0 amide bonds. The summed E-state index contributed by atoms with van der Waals surface area (Å²) in [5.74, 6) is -0.604. The van der Waals surface area contributed by atoms with Crippen LogP contribution in [0.25, 0.3) is 0 Å². The Balaban J connectivity index is 2.21. The zero-order valence-corrected chi connectivity index (χ0v) is 13.3. The number of carbonyl (C=O) groups is 1. The summed E-state index contributed by atoms with van der Waals surface area (Å²) in [6.07, 6.45) is -0.359. The molecule has 0 aromatic carbocycles. The van der Waals surface area contributed by atoms with Crippen LogP contribution in [-0.2, 0) is 29.2 Å². The minimum Gasteiger partial charge on any atom is -0.468 e. The van der Waals surface area contributed by atoms with Crippen LogP contribution in [0, 0.1) is 0 Å². The molecule has 0 aromatic rings. The maximum absolute atomic E-state index is 12.8. The van der Waals surface area contributed by atoms with Crippen molar-refractivity contribution in [1.29, 1.82) is 0 Å². The van der Waals surface area contributed by atoms with E-state index in [4.69, 9.17) is 9.47 Å². The summed E-state index contributed by atoms with van der Waals surface area (Å²) >= 11 is 0. The van der Waals surface area contributed by atoms with Crippen molar-refractivity contribution < 1.29 is 27.4 Å². The van der Waals surface area contributed by atoms with E-state index in [0.717, 1.165) is 0 Å². The highest BCUT2D eigenvalue weighted by atomic mass is 32.2. The topological polar surface area (TPSA) is 85.4 Å². The summed E-state index contributed by atoms with van der Waals surface area (Å²) in [6, 6.07) is -0.929. The lowest BCUT2D eigenvalue weighted by Gasteiger charge is -2.40. The van der Waals surface area contributed by atoms with Gasteiger partial charge in [0, 0.05) is 19.6 Å². The molecule has 8 nitrogen and oxygen atoms in total. The molecule has 2 aliphatic heterocycles. The Morgan fingerprint density at radius 1 is 1.24 bits per heavy atom. The predicted molar refractivity (Wildman–Crippen MR) is 73.8 cm³/mol. The molecular weight excluding hydrogens is 300 g/mol. The zero-order valence-electron chi connectivity index (χ0n) is 12.5. The number of ether oxygens (including phenoxy) is 3. The molecule has 3 unspecified atom stereocenters. The number of carbonyl (C=O) groups excluding carboxylic acids is 1. The van der Waals surface area contributed by atoms with Crippen LogP contribution in [0.2, 0.25) is 0 Å². The molecule has 0 aromatic heterocycles. The molecule has 122 valence electrons.